The van der Waals surface area contributed by atoms with Gasteiger partial charge in [-0.1, -0.05) is 26.8 Å². The van der Waals surface area contributed by atoms with Crippen LogP contribution in [0.2, 0.25) is 5.54 Å². The Hall–Kier alpha value is -0.123. The first-order valence-corrected chi connectivity index (χ1v) is 8.21. The van der Waals surface area contributed by atoms with E-state index in [9.17, 15) is 0 Å². The SMILES string of the molecule is C=CCCCC(C)[SiH](OCCC)OCCC. The van der Waals surface area contributed by atoms with Crippen LogP contribution < -0.4 is 0 Å². The maximum Gasteiger partial charge on any atom is 0.324 e. The molecule has 96 valence electrons. The van der Waals surface area contributed by atoms with Gasteiger partial charge < -0.3 is 8.85 Å². The van der Waals surface area contributed by atoms with Crippen molar-refractivity contribution in [3.8, 4) is 0 Å². The molecule has 2 nitrogen and oxygen atoms in total. The van der Waals surface area contributed by atoms with Crippen molar-refractivity contribution in [1.82, 2.24) is 0 Å². The fraction of sp³-hybridized carbons (Fsp3) is 0.846. The zero-order valence-corrected chi connectivity index (χ0v) is 12.4. The second kappa shape index (κ2) is 11.4. The van der Waals surface area contributed by atoms with Crippen LogP contribution in [0.1, 0.15) is 52.9 Å². The molecule has 1 atom stereocenters. The van der Waals surface area contributed by atoms with Crippen molar-refractivity contribution in [2.24, 2.45) is 0 Å². The van der Waals surface area contributed by atoms with Crippen molar-refractivity contribution in [2.45, 2.75) is 58.4 Å². The van der Waals surface area contributed by atoms with E-state index in [1.165, 1.54) is 12.8 Å². The first kappa shape index (κ1) is 15.9. The molecule has 0 aliphatic heterocycles. The molecule has 0 heterocycles. The van der Waals surface area contributed by atoms with Crippen molar-refractivity contribution >= 4 is 9.28 Å². The molecule has 1 unspecified atom stereocenters. The Morgan fingerprint density at radius 1 is 1.19 bits per heavy atom. The Bertz CT molecular complexity index is 154. The molecule has 0 aliphatic carbocycles. The van der Waals surface area contributed by atoms with Crippen LogP contribution in [0, 0.1) is 0 Å². The van der Waals surface area contributed by atoms with Crippen LogP contribution in [-0.2, 0) is 8.85 Å². The smallest absolute Gasteiger partial charge is 0.324 e. The number of hydrogen-bond acceptors (Lipinski definition) is 2. The van der Waals surface area contributed by atoms with E-state index in [1.807, 2.05) is 6.08 Å². The van der Waals surface area contributed by atoms with Gasteiger partial charge in [-0.25, -0.2) is 0 Å². The molecule has 0 aliphatic rings. The lowest BCUT2D eigenvalue weighted by atomic mass is 10.2. The molecule has 0 aromatic carbocycles. The molecule has 0 spiro atoms. The van der Waals surface area contributed by atoms with Crippen molar-refractivity contribution in [2.75, 3.05) is 13.2 Å². The summed E-state index contributed by atoms with van der Waals surface area (Å²) in [5, 5.41) is 0. The summed E-state index contributed by atoms with van der Waals surface area (Å²) in [5.41, 5.74) is 0.609. The highest BCUT2D eigenvalue weighted by Gasteiger charge is 2.21. The van der Waals surface area contributed by atoms with Gasteiger partial charge in [0.05, 0.1) is 0 Å². The van der Waals surface area contributed by atoms with Gasteiger partial charge in [-0.3, -0.25) is 0 Å². The number of unbranched alkanes of at least 4 members (excludes halogenated alkanes) is 1. The monoisotopic (exact) mass is 244 g/mol. The second-order valence-corrected chi connectivity index (χ2v) is 6.85. The molecule has 0 fully saturated rings. The summed E-state index contributed by atoms with van der Waals surface area (Å²) in [4.78, 5) is 0. The van der Waals surface area contributed by atoms with E-state index in [4.69, 9.17) is 8.85 Å². The Morgan fingerprint density at radius 2 is 1.75 bits per heavy atom. The maximum atomic E-state index is 5.88. The number of rotatable bonds is 11. The third-order valence-corrected chi connectivity index (χ3v) is 4.90. The molecule has 0 aromatic rings. The highest BCUT2D eigenvalue weighted by Crippen LogP contribution is 2.20. The van der Waals surface area contributed by atoms with Crippen molar-refractivity contribution in [1.29, 1.82) is 0 Å². The lowest BCUT2D eigenvalue weighted by Crippen LogP contribution is -2.28. The minimum atomic E-state index is -1.44. The molecular weight excluding hydrogens is 216 g/mol. The summed E-state index contributed by atoms with van der Waals surface area (Å²) < 4.78 is 11.8. The summed E-state index contributed by atoms with van der Waals surface area (Å²) in [7, 11) is -1.44. The average Bonchev–Trinajstić information content (AvgIpc) is 2.29. The number of allylic oxidation sites excluding steroid dienone is 1. The van der Waals surface area contributed by atoms with E-state index in [2.05, 4.69) is 27.4 Å². The van der Waals surface area contributed by atoms with Crippen molar-refractivity contribution < 1.29 is 8.85 Å². The molecule has 0 aromatic heterocycles. The fourth-order valence-electron chi connectivity index (χ4n) is 1.56. The average molecular weight is 244 g/mol. The van der Waals surface area contributed by atoms with Crippen LogP contribution in [0.4, 0.5) is 0 Å². The molecule has 3 heteroatoms. The van der Waals surface area contributed by atoms with Crippen molar-refractivity contribution in [3.05, 3.63) is 12.7 Å². The van der Waals surface area contributed by atoms with Crippen LogP contribution in [0.5, 0.6) is 0 Å². The molecule has 0 rings (SSSR count). The van der Waals surface area contributed by atoms with Crippen LogP contribution in [0.25, 0.3) is 0 Å². The minimum Gasteiger partial charge on any atom is -0.396 e. The first-order chi connectivity index (χ1) is 7.76. The van der Waals surface area contributed by atoms with Gasteiger partial charge in [0.15, 0.2) is 0 Å². The third kappa shape index (κ3) is 8.08. The van der Waals surface area contributed by atoms with E-state index in [0.717, 1.165) is 32.5 Å². The van der Waals surface area contributed by atoms with E-state index >= 15 is 0 Å². The van der Waals surface area contributed by atoms with E-state index in [0.29, 0.717) is 5.54 Å². The Kier molecular flexibility index (Phi) is 11.3. The predicted molar refractivity (Wildman–Crippen MR) is 73.1 cm³/mol. The molecule has 0 amide bonds. The summed E-state index contributed by atoms with van der Waals surface area (Å²) in [5.74, 6) is 0. The van der Waals surface area contributed by atoms with Gasteiger partial charge in [-0.05, 0) is 37.6 Å². The van der Waals surface area contributed by atoms with Gasteiger partial charge in [-0.15, -0.1) is 6.58 Å². The molecule has 0 N–H and O–H groups in total. The standard InChI is InChI=1S/C13H28O2Si/c1-5-8-9-10-13(4)16(14-11-6-2)15-12-7-3/h5,13,16H,1,6-12H2,2-4H3. The highest BCUT2D eigenvalue weighted by molar-refractivity contribution is 6.46. The summed E-state index contributed by atoms with van der Waals surface area (Å²) >= 11 is 0. The normalized spacial score (nSPS) is 13.0. The molecule has 0 saturated carbocycles. The quantitative estimate of drug-likeness (QED) is 0.313. The van der Waals surface area contributed by atoms with E-state index in [1.54, 1.807) is 0 Å². The molecule has 16 heavy (non-hydrogen) atoms. The van der Waals surface area contributed by atoms with Gasteiger partial charge >= 0.3 is 9.28 Å². The van der Waals surface area contributed by atoms with E-state index in [-0.39, 0.29) is 0 Å². The van der Waals surface area contributed by atoms with Gasteiger partial charge in [0.2, 0.25) is 0 Å². The maximum absolute atomic E-state index is 5.88. The largest absolute Gasteiger partial charge is 0.396 e. The topological polar surface area (TPSA) is 18.5 Å². The zero-order chi connectivity index (χ0) is 12.2. The van der Waals surface area contributed by atoms with Crippen molar-refractivity contribution in [3.63, 3.8) is 0 Å². The fourth-order valence-corrected chi connectivity index (χ4v) is 3.76. The van der Waals surface area contributed by atoms with Gasteiger partial charge in [0.25, 0.3) is 0 Å². The molecule has 0 saturated heterocycles. The van der Waals surface area contributed by atoms with E-state index < -0.39 is 9.28 Å². The van der Waals surface area contributed by atoms with Gasteiger partial charge in [0.1, 0.15) is 0 Å². The molecule has 0 bridgehead atoms. The first-order valence-electron chi connectivity index (χ1n) is 6.60. The summed E-state index contributed by atoms with van der Waals surface area (Å²) in [6.07, 6.45) is 7.67. The minimum absolute atomic E-state index is 0.609. The van der Waals surface area contributed by atoms with Crippen LogP contribution in [0.15, 0.2) is 12.7 Å². The Morgan fingerprint density at radius 3 is 2.19 bits per heavy atom. The van der Waals surface area contributed by atoms with Gasteiger partial charge in [0, 0.05) is 13.2 Å². The summed E-state index contributed by atoms with van der Waals surface area (Å²) in [6, 6.07) is 0. The highest BCUT2D eigenvalue weighted by atomic mass is 28.3. The molecular formula is C13H28O2Si. The number of hydrogen-bond donors (Lipinski definition) is 0. The van der Waals surface area contributed by atoms with Crippen LogP contribution >= 0.6 is 0 Å². The van der Waals surface area contributed by atoms with Crippen LogP contribution in [0.3, 0.4) is 0 Å². The van der Waals surface area contributed by atoms with Gasteiger partial charge in [-0.2, -0.15) is 0 Å². The third-order valence-electron chi connectivity index (χ3n) is 2.50. The lowest BCUT2D eigenvalue weighted by molar-refractivity contribution is 0.187. The predicted octanol–water partition coefficient (Wildman–Crippen LogP) is 3.81. The van der Waals surface area contributed by atoms with Crippen LogP contribution in [-0.4, -0.2) is 22.5 Å². The second-order valence-electron chi connectivity index (χ2n) is 4.31. The zero-order valence-electron chi connectivity index (χ0n) is 11.2. The Balaban J connectivity index is 3.87. The summed E-state index contributed by atoms with van der Waals surface area (Å²) in [6.45, 7) is 12.0. The Labute approximate surface area is 103 Å². The lowest BCUT2D eigenvalue weighted by Gasteiger charge is -2.22. The molecule has 0 radical (unpaired) electrons.